The van der Waals surface area contributed by atoms with Gasteiger partial charge in [0, 0.05) is 12.0 Å². The zero-order valence-corrected chi connectivity index (χ0v) is 13.3. The number of ether oxygens (including phenoxy) is 1. The highest BCUT2D eigenvalue weighted by Gasteiger charge is 2.45. The second kappa shape index (κ2) is 6.52. The van der Waals surface area contributed by atoms with Crippen molar-refractivity contribution in [2.24, 2.45) is 11.1 Å². The summed E-state index contributed by atoms with van der Waals surface area (Å²) in [5.41, 5.74) is 0.695. The van der Waals surface area contributed by atoms with Gasteiger partial charge in [-0.05, 0) is 32.6 Å². The van der Waals surface area contributed by atoms with Gasteiger partial charge in [-0.3, -0.25) is 9.59 Å². The molecule has 0 radical (unpaired) electrons. The van der Waals surface area contributed by atoms with Crippen molar-refractivity contribution in [1.82, 2.24) is 0 Å². The summed E-state index contributed by atoms with van der Waals surface area (Å²) in [5, 5.41) is 4.05. The highest BCUT2D eigenvalue weighted by atomic mass is 16.7. The molecule has 2 aliphatic rings. The van der Waals surface area contributed by atoms with Crippen molar-refractivity contribution in [2.45, 2.75) is 44.6 Å². The predicted octanol–water partition coefficient (Wildman–Crippen LogP) is 3.14. The third kappa shape index (κ3) is 3.28. The summed E-state index contributed by atoms with van der Waals surface area (Å²) >= 11 is 0. The Kier molecular flexibility index (Phi) is 4.46. The third-order valence-corrected chi connectivity index (χ3v) is 4.65. The lowest BCUT2D eigenvalue weighted by molar-refractivity contribution is -0.151. The van der Waals surface area contributed by atoms with Crippen molar-refractivity contribution < 1.29 is 19.2 Å². The van der Waals surface area contributed by atoms with Gasteiger partial charge in [0.05, 0.1) is 12.5 Å². The van der Waals surface area contributed by atoms with Crippen LogP contribution in [-0.4, -0.2) is 29.7 Å². The van der Waals surface area contributed by atoms with E-state index in [0.717, 1.165) is 25.7 Å². The molecule has 0 unspecified atom stereocenters. The molecule has 0 N–H and O–H groups in total. The van der Waals surface area contributed by atoms with E-state index in [9.17, 15) is 9.59 Å². The van der Waals surface area contributed by atoms with E-state index < -0.39 is 5.60 Å². The van der Waals surface area contributed by atoms with Crippen molar-refractivity contribution in [3.05, 3.63) is 35.9 Å². The van der Waals surface area contributed by atoms with Gasteiger partial charge in [-0.2, -0.15) is 0 Å². The van der Waals surface area contributed by atoms with E-state index in [1.54, 1.807) is 12.1 Å². The number of carbonyl (C=O) groups excluding carboxylic acids is 2. The summed E-state index contributed by atoms with van der Waals surface area (Å²) in [4.78, 5) is 29.9. The fraction of sp³-hybridized carbons (Fsp3) is 0.500. The van der Waals surface area contributed by atoms with Gasteiger partial charge in [0.1, 0.15) is 11.3 Å². The first-order valence-electron chi connectivity index (χ1n) is 8.15. The van der Waals surface area contributed by atoms with Crippen LogP contribution in [0.1, 0.15) is 49.4 Å². The SMILES string of the molecule is CCOC(=O)C1CCC2(CC1)CC(C(=O)c1ccccc1)=NO2. The largest absolute Gasteiger partial charge is 0.466 e. The Morgan fingerprint density at radius 2 is 1.96 bits per heavy atom. The van der Waals surface area contributed by atoms with Crippen LogP contribution in [0.4, 0.5) is 0 Å². The first-order chi connectivity index (χ1) is 11.1. The van der Waals surface area contributed by atoms with Gasteiger partial charge in [0.2, 0.25) is 5.78 Å². The number of oxime groups is 1. The fourth-order valence-corrected chi connectivity index (χ4v) is 3.31. The number of nitrogens with zero attached hydrogens (tertiary/aromatic N) is 1. The number of benzene rings is 1. The molecule has 1 aromatic carbocycles. The number of esters is 1. The van der Waals surface area contributed by atoms with Crippen LogP contribution in [0, 0.1) is 5.92 Å². The fourth-order valence-electron chi connectivity index (χ4n) is 3.31. The van der Waals surface area contributed by atoms with Gasteiger partial charge in [-0.15, -0.1) is 0 Å². The highest BCUT2D eigenvalue weighted by Crippen LogP contribution is 2.41. The average molecular weight is 315 g/mol. The molecule has 1 spiro atoms. The number of ketones is 1. The van der Waals surface area contributed by atoms with Crippen LogP contribution >= 0.6 is 0 Å². The maximum atomic E-state index is 12.4. The third-order valence-electron chi connectivity index (χ3n) is 4.65. The molecular weight excluding hydrogens is 294 g/mol. The molecule has 1 aliphatic carbocycles. The zero-order chi connectivity index (χ0) is 16.3. The summed E-state index contributed by atoms with van der Waals surface area (Å²) in [6, 6.07) is 9.12. The van der Waals surface area contributed by atoms with Gasteiger partial charge in [0.15, 0.2) is 0 Å². The number of hydrogen-bond donors (Lipinski definition) is 0. The minimum Gasteiger partial charge on any atom is -0.466 e. The van der Waals surface area contributed by atoms with E-state index in [4.69, 9.17) is 9.57 Å². The maximum Gasteiger partial charge on any atom is 0.308 e. The Labute approximate surface area is 135 Å². The lowest BCUT2D eigenvalue weighted by Gasteiger charge is -2.33. The highest BCUT2D eigenvalue weighted by molar-refractivity contribution is 6.46. The molecule has 0 atom stereocenters. The van der Waals surface area contributed by atoms with Crippen LogP contribution in [0.3, 0.4) is 0 Å². The van der Waals surface area contributed by atoms with Gasteiger partial charge in [-0.1, -0.05) is 35.5 Å². The van der Waals surface area contributed by atoms with Crippen molar-refractivity contribution in [3.63, 3.8) is 0 Å². The Hall–Kier alpha value is -2.17. The van der Waals surface area contributed by atoms with E-state index in [2.05, 4.69) is 5.16 Å². The molecule has 0 aromatic heterocycles. The first kappa shape index (κ1) is 15.7. The van der Waals surface area contributed by atoms with E-state index >= 15 is 0 Å². The number of rotatable bonds is 4. The summed E-state index contributed by atoms with van der Waals surface area (Å²) < 4.78 is 5.09. The van der Waals surface area contributed by atoms with Crippen molar-refractivity contribution in [3.8, 4) is 0 Å². The van der Waals surface area contributed by atoms with Gasteiger partial charge < -0.3 is 9.57 Å². The van der Waals surface area contributed by atoms with Crippen molar-refractivity contribution in [2.75, 3.05) is 6.61 Å². The van der Waals surface area contributed by atoms with E-state index in [0.29, 0.717) is 24.3 Å². The summed E-state index contributed by atoms with van der Waals surface area (Å²) in [6.07, 6.45) is 3.43. The van der Waals surface area contributed by atoms with Crippen LogP contribution in [-0.2, 0) is 14.4 Å². The van der Waals surface area contributed by atoms with Crippen LogP contribution in [0.2, 0.25) is 0 Å². The van der Waals surface area contributed by atoms with Crippen LogP contribution in [0.5, 0.6) is 0 Å². The van der Waals surface area contributed by atoms with Gasteiger partial charge >= 0.3 is 5.97 Å². The lowest BCUT2D eigenvalue weighted by Crippen LogP contribution is -2.37. The first-order valence-corrected chi connectivity index (χ1v) is 8.15. The molecule has 1 aromatic rings. The maximum absolute atomic E-state index is 12.4. The van der Waals surface area contributed by atoms with Crippen molar-refractivity contribution >= 4 is 17.5 Å². The molecule has 0 amide bonds. The van der Waals surface area contributed by atoms with E-state index in [1.807, 2.05) is 25.1 Å². The molecule has 0 saturated heterocycles. The Bertz CT molecular complexity index is 615. The van der Waals surface area contributed by atoms with E-state index in [-0.39, 0.29) is 17.7 Å². The topological polar surface area (TPSA) is 65.0 Å². The molecule has 23 heavy (non-hydrogen) atoms. The van der Waals surface area contributed by atoms with Crippen LogP contribution in [0.25, 0.3) is 0 Å². The molecule has 1 fully saturated rings. The second-order valence-corrected chi connectivity index (χ2v) is 6.21. The van der Waals surface area contributed by atoms with Crippen LogP contribution in [0.15, 0.2) is 35.5 Å². The molecule has 5 nitrogen and oxygen atoms in total. The summed E-state index contributed by atoms with van der Waals surface area (Å²) in [6.45, 7) is 2.23. The minimum absolute atomic E-state index is 0.0574. The zero-order valence-electron chi connectivity index (χ0n) is 13.3. The quantitative estimate of drug-likeness (QED) is 0.632. The molecule has 3 rings (SSSR count). The molecule has 122 valence electrons. The standard InChI is InChI=1S/C18H21NO4/c1-2-22-17(21)14-8-10-18(11-9-14)12-15(19-23-18)16(20)13-6-4-3-5-7-13/h3-7,14H,2,8-12H2,1H3. The molecule has 5 heteroatoms. The molecular formula is C18H21NO4. The molecule has 1 aliphatic heterocycles. The molecule has 0 bridgehead atoms. The van der Waals surface area contributed by atoms with Crippen molar-refractivity contribution in [1.29, 1.82) is 0 Å². The molecule has 1 heterocycles. The van der Waals surface area contributed by atoms with Crippen LogP contribution < -0.4 is 0 Å². The predicted molar refractivity (Wildman–Crippen MR) is 85.2 cm³/mol. The Morgan fingerprint density at radius 3 is 2.61 bits per heavy atom. The number of carbonyl (C=O) groups is 2. The second-order valence-electron chi connectivity index (χ2n) is 6.21. The van der Waals surface area contributed by atoms with E-state index in [1.165, 1.54) is 0 Å². The van der Waals surface area contributed by atoms with Gasteiger partial charge in [-0.25, -0.2) is 0 Å². The smallest absolute Gasteiger partial charge is 0.308 e. The normalized spacial score (nSPS) is 26.5. The summed E-state index contributed by atoms with van der Waals surface area (Å²) in [7, 11) is 0. The average Bonchev–Trinajstić information content (AvgIpc) is 2.99. The summed E-state index contributed by atoms with van der Waals surface area (Å²) in [5.74, 6) is -0.255. The molecule has 1 saturated carbocycles. The Morgan fingerprint density at radius 1 is 1.26 bits per heavy atom. The number of Topliss-reactive ketones (excluding diaryl/α,β-unsaturated/α-hetero) is 1. The Balaban J connectivity index is 1.59. The monoisotopic (exact) mass is 315 g/mol. The number of hydrogen-bond acceptors (Lipinski definition) is 5. The minimum atomic E-state index is -0.414. The lowest BCUT2D eigenvalue weighted by atomic mass is 9.76. The van der Waals surface area contributed by atoms with Gasteiger partial charge in [0.25, 0.3) is 0 Å².